The first-order valence-corrected chi connectivity index (χ1v) is 14.7. The van der Waals surface area contributed by atoms with Crippen molar-refractivity contribution in [1.82, 2.24) is 10.2 Å². The van der Waals surface area contributed by atoms with E-state index in [1.54, 1.807) is 0 Å². The zero-order valence-electron chi connectivity index (χ0n) is 25.3. The second-order valence-electron chi connectivity index (χ2n) is 11.1. The van der Waals surface area contributed by atoms with Crippen molar-refractivity contribution in [3.63, 3.8) is 0 Å². The van der Waals surface area contributed by atoms with E-state index in [1.807, 2.05) is 0 Å². The SMILES string of the molecule is [2H]C([2H])([2H])N1C(=O)[C@H](F)C[C@H]1C(=O)N[C@@H]1CC[C@@]2(S(=O)(=O)c3ccc(F)cc3)c3ccc(C(F)(C(F)(F)F)C(F)(F)F)cc3CC[C@@H]12. The molecule has 240 valence electrons. The van der Waals surface area contributed by atoms with Crippen LogP contribution in [0.4, 0.5) is 39.5 Å². The monoisotopic (exact) mass is 659 g/mol. The molecule has 2 fully saturated rings. The molecule has 2 aliphatic carbocycles. The van der Waals surface area contributed by atoms with E-state index < -0.39 is 98.3 Å². The van der Waals surface area contributed by atoms with Crippen LogP contribution < -0.4 is 5.32 Å². The molecule has 0 aromatic heterocycles. The number of nitrogens with one attached hydrogen (secondary N) is 1. The minimum atomic E-state index is -6.43. The minimum absolute atomic E-state index is 0.104. The Kier molecular flexibility index (Phi) is 6.65. The lowest BCUT2D eigenvalue weighted by molar-refractivity contribution is -0.348. The van der Waals surface area contributed by atoms with Crippen molar-refractivity contribution in [2.24, 2.45) is 5.92 Å². The van der Waals surface area contributed by atoms with E-state index in [9.17, 15) is 57.5 Å². The first kappa shape index (κ1) is 28.2. The zero-order valence-corrected chi connectivity index (χ0v) is 23.1. The average Bonchev–Trinajstić information content (AvgIpc) is 3.49. The molecule has 1 saturated carbocycles. The Bertz CT molecular complexity index is 1690. The van der Waals surface area contributed by atoms with E-state index in [0.29, 0.717) is 12.1 Å². The van der Waals surface area contributed by atoms with Crippen molar-refractivity contribution < 1.29 is 61.6 Å². The van der Waals surface area contributed by atoms with Crippen molar-refractivity contribution in [3.05, 3.63) is 65.0 Å². The number of aryl methyl sites for hydroxylation is 1. The number of alkyl halides is 8. The fourth-order valence-electron chi connectivity index (χ4n) is 6.76. The van der Waals surface area contributed by atoms with Gasteiger partial charge in [-0.3, -0.25) is 9.59 Å². The van der Waals surface area contributed by atoms with Gasteiger partial charge in [-0.25, -0.2) is 21.6 Å². The summed E-state index contributed by atoms with van der Waals surface area (Å²) in [4.78, 5) is 25.1. The third-order valence-electron chi connectivity index (χ3n) is 8.86. The van der Waals surface area contributed by atoms with Gasteiger partial charge < -0.3 is 10.2 Å². The molecule has 0 bridgehead atoms. The van der Waals surface area contributed by atoms with Gasteiger partial charge in [-0.1, -0.05) is 18.2 Å². The summed E-state index contributed by atoms with van der Waals surface area (Å²) in [6.45, 7) is -3.20. The zero-order chi connectivity index (χ0) is 35.1. The predicted octanol–water partition coefficient (Wildman–Crippen LogP) is 5.19. The minimum Gasteiger partial charge on any atom is -0.351 e. The Morgan fingerprint density at radius 3 is 2.25 bits per heavy atom. The number of sulfone groups is 1. The van der Waals surface area contributed by atoms with Gasteiger partial charge in [-0.15, -0.1) is 0 Å². The van der Waals surface area contributed by atoms with Gasteiger partial charge in [-0.2, -0.15) is 26.3 Å². The van der Waals surface area contributed by atoms with Crippen LogP contribution in [0, 0.1) is 11.7 Å². The Morgan fingerprint density at radius 1 is 1.02 bits per heavy atom. The molecule has 2 amide bonds. The van der Waals surface area contributed by atoms with Crippen LogP contribution in [-0.4, -0.2) is 62.7 Å². The summed E-state index contributed by atoms with van der Waals surface area (Å²) in [5.74, 6) is -4.54. The number of amides is 2. The summed E-state index contributed by atoms with van der Waals surface area (Å²) in [5, 5.41) is 2.50. The number of nitrogens with zero attached hydrogens (tertiary/aromatic N) is 1. The lowest BCUT2D eigenvalue weighted by Gasteiger charge is -2.43. The Balaban J connectivity index is 1.61. The molecule has 5 atom stereocenters. The maximum atomic E-state index is 15.0. The predicted molar refractivity (Wildman–Crippen MR) is 136 cm³/mol. The van der Waals surface area contributed by atoms with Gasteiger partial charge in [0.15, 0.2) is 16.0 Å². The summed E-state index contributed by atoms with van der Waals surface area (Å²) in [5.41, 5.74) is -8.19. The average molecular weight is 660 g/mol. The Hall–Kier alpha value is -3.30. The van der Waals surface area contributed by atoms with Crippen molar-refractivity contribution in [2.45, 2.75) is 78.0 Å². The molecular formula is C28H25F9N2O4S. The van der Waals surface area contributed by atoms with E-state index in [-0.39, 0.29) is 47.8 Å². The van der Waals surface area contributed by atoms with Gasteiger partial charge in [0.1, 0.15) is 16.6 Å². The number of likely N-dealkylation sites (N-methyl/N-ethyl adjacent to an activating group) is 1. The second-order valence-corrected chi connectivity index (χ2v) is 13.3. The molecular weight excluding hydrogens is 631 g/mol. The van der Waals surface area contributed by atoms with Crippen molar-refractivity contribution in [3.8, 4) is 0 Å². The maximum absolute atomic E-state index is 15.0. The van der Waals surface area contributed by atoms with Gasteiger partial charge in [-0.05, 0) is 61.1 Å². The third kappa shape index (κ3) is 4.57. The topological polar surface area (TPSA) is 83.6 Å². The van der Waals surface area contributed by atoms with E-state index >= 15 is 0 Å². The molecule has 1 heterocycles. The van der Waals surface area contributed by atoms with Gasteiger partial charge in [0, 0.05) is 35.0 Å². The third-order valence-corrected chi connectivity index (χ3v) is 11.4. The van der Waals surface area contributed by atoms with E-state index in [0.717, 1.165) is 24.3 Å². The van der Waals surface area contributed by atoms with Crippen LogP contribution in [0.2, 0.25) is 0 Å². The largest absolute Gasteiger partial charge is 0.435 e. The number of likely N-dealkylation sites (tertiary alicyclic amines) is 1. The molecule has 1 saturated heterocycles. The molecule has 3 aliphatic rings. The van der Waals surface area contributed by atoms with Crippen molar-refractivity contribution in [2.75, 3.05) is 6.98 Å². The highest BCUT2D eigenvalue weighted by atomic mass is 32.2. The van der Waals surface area contributed by atoms with Crippen LogP contribution in [0.3, 0.4) is 0 Å². The number of hydrogen-bond acceptors (Lipinski definition) is 4. The van der Waals surface area contributed by atoms with Gasteiger partial charge in [0.2, 0.25) is 5.91 Å². The summed E-state index contributed by atoms with van der Waals surface area (Å²) < 4.78 is 174. The normalized spacial score (nSPS) is 29.0. The van der Waals surface area contributed by atoms with Crippen LogP contribution in [0.25, 0.3) is 0 Å². The lowest BCUT2D eigenvalue weighted by Crippen LogP contribution is -2.52. The van der Waals surface area contributed by atoms with Crippen LogP contribution in [0.5, 0.6) is 0 Å². The highest BCUT2D eigenvalue weighted by Gasteiger charge is 2.74. The molecule has 16 heteroatoms. The molecule has 0 radical (unpaired) electrons. The van der Waals surface area contributed by atoms with Gasteiger partial charge in [0.05, 0.1) is 4.90 Å². The molecule has 6 nitrogen and oxygen atoms in total. The number of rotatable bonds is 5. The summed E-state index contributed by atoms with van der Waals surface area (Å²) in [6.07, 6.45) is -17.2. The van der Waals surface area contributed by atoms with Crippen LogP contribution in [0.15, 0.2) is 47.4 Å². The summed E-state index contributed by atoms with van der Waals surface area (Å²) in [7, 11) is -4.71. The van der Waals surface area contributed by atoms with Crippen LogP contribution in [0.1, 0.15) is 46.5 Å². The lowest BCUT2D eigenvalue weighted by atomic mass is 9.74. The van der Waals surface area contributed by atoms with Gasteiger partial charge >= 0.3 is 18.0 Å². The van der Waals surface area contributed by atoms with Gasteiger partial charge in [0.25, 0.3) is 5.91 Å². The molecule has 1 aliphatic heterocycles. The standard InChI is InChI=1S/C28H25F9N2O4S/c1-39-22(13-20(30)24(39)41)23(40)38-21-10-11-25(44(42,43)17-6-4-16(29)5-7-17)18-9-3-15(12-14(18)2-8-19(21)25)26(31,27(32,33)34)28(35,36)37/h3-7,9,12,19-22H,2,8,10-11,13H2,1H3,(H,38,40)/t19-,20+,21+,22-,25+/m0/s1/i1D3. The molecule has 2 aromatic carbocycles. The number of carbonyl (C=O) groups is 2. The molecule has 0 unspecified atom stereocenters. The number of hydrogen-bond donors (Lipinski definition) is 1. The Labute approximate surface area is 249 Å². The number of benzene rings is 2. The fourth-order valence-corrected chi connectivity index (χ4v) is 9.23. The van der Waals surface area contributed by atoms with Crippen LogP contribution >= 0.6 is 0 Å². The quantitative estimate of drug-likeness (QED) is 0.354. The van der Waals surface area contributed by atoms with E-state index in [1.165, 1.54) is 0 Å². The second kappa shape index (κ2) is 10.4. The molecule has 0 spiro atoms. The first-order valence-electron chi connectivity index (χ1n) is 14.7. The van der Waals surface area contributed by atoms with Crippen molar-refractivity contribution in [1.29, 1.82) is 0 Å². The molecule has 2 aromatic rings. The van der Waals surface area contributed by atoms with E-state index in [4.69, 9.17) is 4.11 Å². The molecule has 1 N–H and O–H groups in total. The summed E-state index contributed by atoms with van der Waals surface area (Å²) in [6, 6.07) is 1.73. The number of fused-ring (bicyclic) bond motifs is 3. The fraction of sp³-hybridized carbons (Fsp3) is 0.500. The van der Waals surface area contributed by atoms with E-state index in [2.05, 4.69) is 5.32 Å². The van der Waals surface area contributed by atoms with Crippen molar-refractivity contribution >= 4 is 21.7 Å². The smallest absolute Gasteiger partial charge is 0.351 e. The molecule has 44 heavy (non-hydrogen) atoms. The first-order chi connectivity index (χ1) is 21.5. The number of carbonyl (C=O) groups excluding carboxylic acids is 2. The Morgan fingerprint density at radius 2 is 1.66 bits per heavy atom. The number of halogens is 9. The maximum Gasteiger partial charge on any atom is 0.435 e. The highest BCUT2D eigenvalue weighted by molar-refractivity contribution is 7.92. The molecule has 5 rings (SSSR count). The highest BCUT2D eigenvalue weighted by Crippen LogP contribution is 2.59. The van der Waals surface area contributed by atoms with Crippen LogP contribution in [-0.2, 0) is 36.3 Å². The summed E-state index contributed by atoms with van der Waals surface area (Å²) >= 11 is 0.